The van der Waals surface area contributed by atoms with Gasteiger partial charge in [0.2, 0.25) is 13.9 Å². The first-order valence-corrected chi connectivity index (χ1v) is 3.21. The van der Waals surface area contributed by atoms with Gasteiger partial charge in [-0.05, 0) is 6.42 Å². The minimum atomic E-state index is -0.186. The van der Waals surface area contributed by atoms with Gasteiger partial charge in [-0.25, -0.2) is 0 Å². The van der Waals surface area contributed by atoms with Gasteiger partial charge in [0.15, 0.2) is 0 Å². The first-order chi connectivity index (χ1) is 4.72. The van der Waals surface area contributed by atoms with Gasteiger partial charge in [0, 0.05) is 6.42 Å². The second-order valence-corrected chi connectivity index (χ2v) is 1.96. The van der Waals surface area contributed by atoms with E-state index in [1.807, 2.05) is 6.92 Å². The molecule has 10 heavy (non-hydrogen) atoms. The van der Waals surface area contributed by atoms with E-state index in [-0.39, 0.29) is 12.5 Å². The van der Waals surface area contributed by atoms with Crippen LogP contribution in [0, 0.1) is 0 Å². The van der Waals surface area contributed by atoms with E-state index >= 15 is 0 Å². The van der Waals surface area contributed by atoms with Crippen LogP contribution in [0.1, 0.15) is 19.8 Å². The number of amides is 1. The van der Waals surface area contributed by atoms with E-state index in [0.29, 0.717) is 12.7 Å². The van der Waals surface area contributed by atoms with Crippen molar-refractivity contribution in [3.63, 3.8) is 0 Å². The molecule has 0 atom stereocenters. The third-order valence-electron chi connectivity index (χ3n) is 1.06. The van der Waals surface area contributed by atoms with Gasteiger partial charge < -0.3 is 9.61 Å². The SMILES string of the molecule is [B]N(CC=O)C(=O)CCC. The molecule has 0 rings (SSSR count). The highest BCUT2D eigenvalue weighted by molar-refractivity contribution is 6.15. The Morgan fingerprint density at radius 3 is 2.70 bits per heavy atom. The van der Waals surface area contributed by atoms with Crippen LogP contribution in [0.25, 0.3) is 0 Å². The third kappa shape index (κ3) is 3.27. The molecule has 0 saturated carbocycles. The maximum absolute atomic E-state index is 10.8. The van der Waals surface area contributed by atoms with Crippen molar-refractivity contribution in [3.05, 3.63) is 0 Å². The largest absolute Gasteiger partial charge is 0.390 e. The van der Waals surface area contributed by atoms with E-state index in [0.717, 1.165) is 11.2 Å². The second kappa shape index (κ2) is 5.03. The molecule has 1 amide bonds. The number of aldehydes is 1. The quantitative estimate of drug-likeness (QED) is 0.402. The Bertz CT molecular complexity index is 127. The van der Waals surface area contributed by atoms with Gasteiger partial charge >= 0.3 is 0 Å². The lowest BCUT2D eigenvalue weighted by Gasteiger charge is -2.12. The van der Waals surface area contributed by atoms with Crippen LogP contribution in [0.3, 0.4) is 0 Å². The zero-order chi connectivity index (χ0) is 7.98. The third-order valence-corrected chi connectivity index (χ3v) is 1.06. The van der Waals surface area contributed by atoms with Crippen LogP contribution >= 0.6 is 0 Å². The molecule has 54 valence electrons. The predicted octanol–water partition coefficient (Wildman–Crippen LogP) is -0.103. The summed E-state index contributed by atoms with van der Waals surface area (Å²) in [6.07, 6.45) is 1.77. The van der Waals surface area contributed by atoms with Gasteiger partial charge in [0.25, 0.3) is 0 Å². The fraction of sp³-hybridized carbons (Fsp3) is 0.667. The Labute approximate surface area is 61.8 Å². The number of hydrogen-bond acceptors (Lipinski definition) is 2. The fourth-order valence-electron chi connectivity index (χ4n) is 0.540. The highest BCUT2D eigenvalue weighted by Crippen LogP contribution is 1.91. The van der Waals surface area contributed by atoms with E-state index in [9.17, 15) is 9.59 Å². The predicted molar refractivity (Wildman–Crippen MR) is 38.4 cm³/mol. The standard InChI is InChI=1S/C6H10BNO2/c1-2-3-6(10)8(7)4-5-9/h5H,2-4H2,1H3. The summed E-state index contributed by atoms with van der Waals surface area (Å²) in [4.78, 5) is 21.6. The first-order valence-electron chi connectivity index (χ1n) is 3.21. The monoisotopic (exact) mass is 139 g/mol. The first kappa shape index (κ1) is 9.20. The number of carbonyl (C=O) groups is 2. The normalized spacial score (nSPS) is 8.90. The maximum Gasteiger partial charge on any atom is 0.231 e. The lowest BCUT2D eigenvalue weighted by Crippen LogP contribution is -2.29. The molecule has 0 saturated heterocycles. The van der Waals surface area contributed by atoms with Crippen molar-refractivity contribution in [3.8, 4) is 0 Å². The Morgan fingerprint density at radius 2 is 2.30 bits per heavy atom. The molecule has 0 aromatic heterocycles. The van der Waals surface area contributed by atoms with Crippen LogP contribution in [-0.2, 0) is 9.59 Å². The summed E-state index contributed by atoms with van der Waals surface area (Å²) in [7, 11) is 5.17. The molecule has 0 unspecified atom stereocenters. The zero-order valence-corrected chi connectivity index (χ0v) is 6.04. The highest BCUT2D eigenvalue weighted by atomic mass is 16.2. The molecule has 0 aliphatic heterocycles. The topological polar surface area (TPSA) is 37.4 Å². The zero-order valence-electron chi connectivity index (χ0n) is 6.04. The van der Waals surface area contributed by atoms with Crippen LogP contribution < -0.4 is 0 Å². The number of hydrogen-bond donors (Lipinski definition) is 0. The van der Waals surface area contributed by atoms with Crippen molar-refractivity contribution in [2.24, 2.45) is 0 Å². The summed E-state index contributed by atoms with van der Waals surface area (Å²) in [5.41, 5.74) is 0. The minimum absolute atomic E-state index is 0.0150. The Morgan fingerprint density at radius 1 is 1.70 bits per heavy atom. The number of carbonyl (C=O) groups excluding carboxylic acids is 2. The summed E-state index contributed by atoms with van der Waals surface area (Å²) < 4.78 is 0. The van der Waals surface area contributed by atoms with Gasteiger partial charge in [0.1, 0.15) is 6.29 Å². The molecule has 0 spiro atoms. The summed E-state index contributed by atoms with van der Waals surface area (Å²) in [6, 6.07) is 0. The fourth-order valence-corrected chi connectivity index (χ4v) is 0.540. The van der Waals surface area contributed by atoms with E-state index in [1.54, 1.807) is 0 Å². The lowest BCUT2D eigenvalue weighted by atomic mass is 10.2. The molecule has 0 aliphatic carbocycles. The van der Waals surface area contributed by atoms with Crippen molar-refractivity contribution in [2.75, 3.05) is 6.54 Å². The van der Waals surface area contributed by atoms with Crippen LogP contribution in [-0.4, -0.2) is 31.5 Å². The Hall–Kier alpha value is -0.795. The van der Waals surface area contributed by atoms with E-state index in [2.05, 4.69) is 0 Å². The van der Waals surface area contributed by atoms with Crippen LogP contribution in [0.2, 0.25) is 0 Å². The Kier molecular flexibility index (Phi) is 4.63. The van der Waals surface area contributed by atoms with Crippen molar-refractivity contribution in [2.45, 2.75) is 19.8 Å². The smallest absolute Gasteiger partial charge is 0.231 e. The van der Waals surface area contributed by atoms with E-state index in [4.69, 9.17) is 7.98 Å². The van der Waals surface area contributed by atoms with E-state index < -0.39 is 0 Å². The van der Waals surface area contributed by atoms with Gasteiger partial charge in [0.05, 0.1) is 6.54 Å². The molecule has 0 aromatic carbocycles. The van der Waals surface area contributed by atoms with Crippen molar-refractivity contribution in [1.82, 2.24) is 4.81 Å². The molecule has 0 aliphatic rings. The highest BCUT2D eigenvalue weighted by Gasteiger charge is 2.04. The average molecular weight is 139 g/mol. The van der Waals surface area contributed by atoms with Crippen LogP contribution in [0.15, 0.2) is 0 Å². The number of rotatable bonds is 4. The molecule has 2 radical (unpaired) electrons. The molecule has 0 bridgehead atoms. The molecular formula is C6H10BNO2. The average Bonchev–Trinajstić information content (AvgIpc) is 1.89. The summed E-state index contributed by atoms with van der Waals surface area (Å²) in [6.45, 7) is 1.87. The second-order valence-electron chi connectivity index (χ2n) is 1.96. The van der Waals surface area contributed by atoms with Crippen molar-refractivity contribution >= 4 is 20.2 Å². The van der Waals surface area contributed by atoms with Crippen molar-refractivity contribution in [1.29, 1.82) is 0 Å². The van der Waals surface area contributed by atoms with Gasteiger partial charge in [-0.3, -0.25) is 4.79 Å². The molecule has 0 N–H and O–H groups in total. The minimum Gasteiger partial charge on any atom is -0.390 e. The lowest BCUT2D eigenvalue weighted by molar-refractivity contribution is -0.128. The van der Waals surface area contributed by atoms with Crippen molar-refractivity contribution < 1.29 is 9.59 Å². The molecule has 0 aromatic rings. The van der Waals surface area contributed by atoms with Gasteiger partial charge in [-0.2, -0.15) is 0 Å². The summed E-state index contributed by atoms with van der Waals surface area (Å²) >= 11 is 0. The molecule has 0 fully saturated rings. The molecule has 0 heterocycles. The van der Waals surface area contributed by atoms with Crippen LogP contribution in [0.4, 0.5) is 0 Å². The maximum atomic E-state index is 10.8. The van der Waals surface area contributed by atoms with Gasteiger partial charge in [-0.15, -0.1) is 0 Å². The van der Waals surface area contributed by atoms with Gasteiger partial charge in [-0.1, -0.05) is 6.92 Å². The molecular weight excluding hydrogens is 129 g/mol. The Balaban J connectivity index is 3.58. The molecule has 3 nitrogen and oxygen atoms in total. The summed E-state index contributed by atoms with van der Waals surface area (Å²) in [5, 5.41) is 0. The van der Waals surface area contributed by atoms with Crippen LogP contribution in [0.5, 0.6) is 0 Å². The van der Waals surface area contributed by atoms with E-state index in [1.165, 1.54) is 0 Å². The molecule has 4 heteroatoms. The number of nitrogens with zero attached hydrogens (tertiary/aromatic N) is 1. The summed E-state index contributed by atoms with van der Waals surface area (Å²) in [5.74, 6) is -0.186.